The third kappa shape index (κ3) is 4.04. The average Bonchev–Trinajstić information content (AvgIpc) is 2.80. The molecule has 2 aromatic rings. The van der Waals surface area contributed by atoms with E-state index in [1.54, 1.807) is 23.5 Å². The highest BCUT2D eigenvalue weighted by atomic mass is 32.1. The lowest BCUT2D eigenvalue weighted by Gasteiger charge is -2.13. The summed E-state index contributed by atoms with van der Waals surface area (Å²) >= 11 is 1.72. The zero-order valence-corrected chi connectivity index (χ0v) is 12.4. The minimum absolute atomic E-state index is 0.125. The quantitative estimate of drug-likeness (QED) is 0.899. The van der Waals surface area contributed by atoms with Gasteiger partial charge in [0.2, 0.25) is 0 Å². The average molecular weight is 276 g/mol. The lowest BCUT2D eigenvalue weighted by atomic mass is 9.98. The molecule has 1 aromatic carbocycles. The Labute approximate surface area is 118 Å². The van der Waals surface area contributed by atoms with E-state index in [-0.39, 0.29) is 5.41 Å². The number of aromatic hydroxyl groups is 1. The molecule has 0 unspecified atom stereocenters. The first-order chi connectivity index (χ1) is 8.95. The third-order valence-electron chi connectivity index (χ3n) is 2.76. The molecule has 0 aliphatic carbocycles. The Bertz CT molecular complexity index is 526. The van der Waals surface area contributed by atoms with Crippen molar-refractivity contribution in [2.75, 3.05) is 0 Å². The van der Waals surface area contributed by atoms with E-state index in [4.69, 9.17) is 0 Å². The standard InChI is InChI=1S/C15H20N2OS/c1-15(2,3)14-17-12(10-19-14)9-16-8-11-4-6-13(18)7-5-11/h4-7,10,16,18H,8-9H2,1-3H3. The Balaban J connectivity index is 1.86. The monoisotopic (exact) mass is 276 g/mol. The molecule has 0 bridgehead atoms. The molecule has 4 heteroatoms. The van der Waals surface area contributed by atoms with Crippen LogP contribution in [0.15, 0.2) is 29.6 Å². The summed E-state index contributed by atoms with van der Waals surface area (Å²) in [4.78, 5) is 4.64. The number of hydrogen-bond donors (Lipinski definition) is 2. The molecule has 1 heterocycles. The van der Waals surface area contributed by atoms with E-state index in [9.17, 15) is 5.11 Å². The van der Waals surface area contributed by atoms with E-state index >= 15 is 0 Å². The van der Waals surface area contributed by atoms with Crippen molar-refractivity contribution in [3.8, 4) is 5.75 Å². The summed E-state index contributed by atoms with van der Waals surface area (Å²) in [6.45, 7) is 8.09. The van der Waals surface area contributed by atoms with Crippen molar-refractivity contribution < 1.29 is 5.11 Å². The second-order valence-electron chi connectivity index (χ2n) is 5.66. The molecule has 2 N–H and O–H groups in total. The van der Waals surface area contributed by atoms with Gasteiger partial charge in [-0.1, -0.05) is 32.9 Å². The first kappa shape index (κ1) is 14.0. The van der Waals surface area contributed by atoms with E-state index in [1.807, 2.05) is 12.1 Å². The summed E-state index contributed by atoms with van der Waals surface area (Å²) in [5.41, 5.74) is 2.37. The second-order valence-corrected chi connectivity index (χ2v) is 6.52. The van der Waals surface area contributed by atoms with Gasteiger partial charge in [-0.3, -0.25) is 0 Å². The van der Waals surface area contributed by atoms with E-state index in [2.05, 4.69) is 36.5 Å². The van der Waals surface area contributed by atoms with Gasteiger partial charge in [-0.05, 0) is 17.7 Å². The fourth-order valence-electron chi connectivity index (χ4n) is 1.68. The zero-order chi connectivity index (χ0) is 13.9. The van der Waals surface area contributed by atoms with Crippen molar-refractivity contribution in [2.45, 2.75) is 39.3 Å². The van der Waals surface area contributed by atoms with Crippen LogP contribution in [0.1, 0.15) is 37.0 Å². The van der Waals surface area contributed by atoms with Crippen molar-refractivity contribution >= 4 is 11.3 Å². The number of thiazole rings is 1. The van der Waals surface area contributed by atoms with Crippen LogP contribution in [-0.2, 0) is 18.5 Å². The van der Waals surface area contributed by atoms with Crippen molar-refractivity contribution in [2.24, 2.45) is 0 Å². The first-order valence-corrected chi connectivity index (χ1v) is 7.26. The van der Waals surface area contributed by atoms with Crippen molar-refractivity contribution in [3.63, 3.8) is 0 Å². The number of hydrogen-bond acceptors (Lipinski definition) is 4. The molecule has 0 atom stereocenters. The minimum Gasteiger partial charge on any atom is -0.508 e. The van der Waals surface area contributed by atoms with Crippen LogP contribution in [0, 0.1) is 0 Å². The number of aromatic nitrogens is 1. The van der Waals surface area contributed by atoms with Crippen molar-refractivity contribution in [1.82, 2.24) is 10.3 Å². The van der Waals surface area contributed by atoms with Gasteiger partial charge in [0, 0.05) is 23.9 Å². The summed E-state index contributed by atoms with van der Waals surface area (Å²) in [6, 6.07) is 7.25. The number of rotatable bonds is 4. The molecule has 2 rings (SSSR count). The van der Waals surface area contributed by atoms with Crippen LogP contribution in [0.2, 0.25) is 0 Å². The summed E-state index contributed by atoms with van der Waals surface area (Å²) in [5, 5.41) is 15.9. The van der Waals surface area contributed by atoms with Crippen LogP contribution in [0.3, 0.4) is 0 Å². The van der Waals surface area contributed by atoms with Crippen LogP contribution in [0.5, 0.6) is 5.75 Å². The Morgan fingerprint density at radius 3 is 2.42 bits per heavy atom. The number of nitrogens with one attached hydrogen (secondary N) is 1. The van der Waals surface area contributed by atoms with E-state index in [0.717, 1.165) is 24.3 Å². The van der Waals surface area contributed by atoms with Crippen LogP contribution < -0.4 is 5.32 Å². The molecule has 0 aliphatic rings. The van der Waals surface area contributed by atoms with Crippen LogP contribution in [-0.4, -0.2) is 10.1 Å². The van der Waals surface area contributed by atoms with Crippen LogP contribution >= 0.6 is 11.3 Å². The van der Waals surface area contributed by atoms with Gasteiger partial charge in [-0.15, -0.1) is 11.3 Å². The van der Waals surface area contributed by atoms with Crippen LogP contribution in [0.25, 0.3) is 0 Å². The van der Waals surface area contributed by atoms with E-state index in [1.165, 1.54) is 5.01 Å². The summed E-state index contributed by atoms with van der Waals surface area (Å²) in [7, 11) is 0. The lowest BCUT2D eigenvalue weighted by Crippen LogP contribution is -2.14. The molecule has 0 aliphatic heterocycles. The number of benzene rings is 1. The van der Waals surface area contributed by atoms with E-state index in [0.29, 0.717) is 5.75 Å². The Hall–Kier alpha value is -1.39. The zero-order valence-electron chi connectivity index (χ0n) is 11.6. The molecular weight excluding hydrogens is 256 g/mol. The lowest BCUT2D eigenvalue weighted by molar-refractivity contribution is 0.475. The van der Waals surface area contributed by atoms with Gasteiger partial charge in [0.1, 0.15) is 5.75 Å². The summed E-state index contributed by atoms with van der Waals surface area (Å²) in [5.74, 6) is 0.304. The van der Waals surface area contributed by atoms with Gasteiger partial charge < -0.3 is 10.4 Å². The Morgan fingerprint density at radius 1 is 1.16 bits per heavy atom. The maximum atomic E-state index is 9.21. The fraction of sp³-hybridized carbons (Fsp3) is 0.400. The SMILES string of the molecule is CC(C)(C)c1nc(CNCc2ccc(O)cc2)cs1. The number of nitrogens with zero attached hydrogens (tertiary/aromatic N) is 1. The third-order valence-corrected chi connectivity index (χ3v) is 4.08. The van der Waals surface area contributed by atoms with Gasteiger partial charge >= 0.3 is 0 Å². The Kier molecular flexibility index (Phi) is 4.22. The molecule has 0 amide bonds. The molecule has 1 aromatic heterocycles. The first-order valence-electron chi connectivity index (χ1n) is 6.38. The minimum atomic E-state index is 0.125. The topological polar surface area (TPSA) is 45.2 Å². The fourth-order valence-corrected chi connectivity index (χ4v) is 2.59. The number of phenolic OH excluding ortho intramolecular Hbond substituents is 1. The highest BCUT2D eigenvalue weighted by Crippen LogP contribution is 2.25. The van der Waals surface area contributed by atoms with Gasteiger partial charge in [0.25, 0.3) is 0 Å². The predicted octanol–water partition coefficient (Wildman–Crippen LogP) is 3.44. The maximum Gasteiger partial charge on any atom is 0.115 e. The molecule has 0 spiro atoms. The molecule has 19 heavy (non-hydrogen) atoms. The molecule has 3 nitrogen and oxygen atoms in total. The normalized spacial score (nSPS) is 11.7. The van der Waals surface area contributed by atoms with Gasteiger partial charge in [0.05, 0.1) is 10.7 Å². The predicted molar refractivity (Wildman–Crippen MR) is 79.5 cm³/mol. The highest BCUT2D eigenvalue weighted by Gasteiger charge is 2.17. The summed E-state index contributed by atoms with van der Waals surface area (Å²) in [6.07, 6.45) is 0. The second kappa shape index (κ2) is 5.72. The van der Waals surface area contributed by atoms with Crippen molar-refractivity contribution in [3.05, 3.63) is 45.9 Å². The molecule has 0 fully saturated rings. The van der Waals surface area contributed by atoms with Gasteiger partial charge in [-0.25, -0.2) is 4.98 Å². The largest absolute Gasteiger partial charge is 0.508 e. The molecular formula is C15H20N2OS. The maximum absolute atomic E-state index is 9.21. The molecule has 0 saturated heterocycles. The molecule has 102 valence electrons. The number of phenols is 1. The van der Waals surface area contributed by atoms with Crippen LogP contribution in [0.4, 0.5) is 0 Å². The molecule has 0 radical (unpaired) electrons. The van der Waals surface area contributed by atoms with Crippen molar-refractivity contribution in [1.29, 1.82) is 0 Å². The highest BCUT2D eigenvalue weighted by molar-refractivity contribution is 7.09. The van der Waals surface area contributed by atoms with Gasteiger partial charge in [-0.2, -0.15) is 0 Å². The van der Waals surface area contributed by atoms with E-state index < -0.39 is 0 Å². The Morgan fingerprint density at radius 2 is 1.84 bits per heavy atom. The summed E-state index contributed by atoms with van der Waals surface area (Å²) < 4.78 is 0. The smallest absolute Gasteiger partial charge is 0.115 e. The molecule has 0 saturated carbocycles. The van der Waals surface area contributed by atoms with Gasteiger partial charge in [0.15, 0.2) is 0 Å².